The summed E-state index contributed by atoms with van der Waals surface area (Å²) in [6, 6.07) is 18.3. The van der Waals surface area contributed by atoms with Gasteiger partial charge in [-0.25, -0.2) is 9.18 Å². The highest BCUT2D eigenvalue weighted by Gasteiger charge is 2.21. The van der Waals surface area contributed by atoms with Gasteiger partial charge in [0.25, 0.3) is 0 Å². The molecule has 6 heteroatoms. The molecular weight excluding hydrogens is 369 g/mol. The molecule has 0 aliphatic rings. The minimum atomic E-state index is -0.821. The summed E-state index contributed by atoms with van der Waals surface area (Å²) in [6.07, 6.45) is 0.766. The third-order valence-corrected chi connectivity index (χ3v) is 4.16. The largest absolute Gasteiger partial charge is 0.449 e. The Hall–Kier alpha value is -2.76. The van der Waals surface area contributed by atoms with Crippen molar-refractivity contribution in [2.75, 3.05) is 6.61 Å². The quantitative estimate of drug-likeness (QED) is 0.552. The van der Waals surface area contributed by atoms with Gasteiger partial charge in [-0.15, -0.1) is 0 Å². The number of hydrogen-bond donors (Lipinski definition) is 0. The lowest BCUT2D eigenvalue weighted by Crippen LogP contribution is -2.18. The standard InChI is InChI=1S/C21H17ClFNO3/c22-18-9-2-1-6-16(18)13-26-14-20(25)27-21(19-10-3-4-11-24-19)15-7-5-8-17(23)12-15/h1-12,21H,13-14H2. The average molecular weight is 386 g/mol. The van der Waals surface area contributed by atoms with E-state index >= 15 is 0 Å². The molecule has 0 saturated carbocycles. The Kier molecular flexibility index (Phi) is 6.52. The van der Waals surface area contributed by atoms with Crippen LogP contribution in [0.5, 0.6) is 0 Å². The van der Waals surface area contributed by atoms with E-state index in [1.165, 1.54) is 12.1 Å². The molecule has 0 N–H and O–H groups in total. The molecule has 3 aromatic rings. The number of rotatable bonds is 7. The fourth-order valence-corrected chi connectivity index (χ4v) is 2.72. The second kappa shape index (κ2) is 9.26. The summed E-state index contributed by atoms with van der Waals surface area (Å²) in [7, 11) is 0. The zero-order valence-corrected chi connectivity index (χ0v) is 15.1. The molecule has 1 unspecified atom stereocenters. The maximum absolute atomic E-state index is 13.6. The van der Waals surface area contributed by atoms with Gasteiger partial charge < -0.3 is 9.47 Å². The highest BCUT2D eigenvalue weighted by molar-refractivity contribution is 6.31. The number of carbonyl (C=O) groups is 1. The number of halogens is 2. The molecule has 0 amide bonds. The molecule has 1 atom stereocenters. The second-order valence-electron chi connectivity index (χ2n) is 5.76. The second-order valence-corrected chi connectivity index (χ2v) is 6.17. The van der Waals surface area contributed by atoms with Crippen molar-refractivity contribution in [3.63, 3.8) is 0 Å². The van der Waals surface area contributed by atoms with Gasteiger partial charge in [-0.1, -0.05) is 48.0 Å². The summed E-state index contributed by atoms with van der Waals surface area (Å²) in [5.74, 6) is -0.999. The van der Waals surface area contributed by atoms with Crippen LogP contribution in [0.3, 0.4) is 0 Å². The summed E-state index contributed by atoms with van der Waals surface area (Å²) in [5.41, 5.74) is 1.77. The van der Waals surface area contributed by atoms with Crippen molar-refractivity contribution in [3.05, 3.63) is 101 Å². The molecule has 0 fully saturated rings. The van der Waals surface area contributed by atoms with Gasteiger partial charge in [0.05, 0.1) is 12.3 Å². The van der Waals surface area contributed by atoms with E-state index in [0.29, 0.717) is 16.3 Å². The summed E-state index contributed by atoms with van der Waals surface area (Å²) in [5, 5.41) is 0.567. The third kappa shape index (κ3) is 5.36. The molecule has 1 heterocycles. The van der Waals surface area contributed by atoms with E-state index in [4.69, 9.17) is 21.1 Å². The number of aromatic nitrogens is 1. The maximum Gasteiger partial charge on any atom is 0.333 e. The van der Waals surface area contributed by atoms with Crippen molar-refractivity contribution in [2.24, 2.45) is 0 Å². The van der Waals surface area contributed by atoms with Crippen molar-refractivity contribution >= 4 is 17.6 Å². The van der Waals surface area contributed by atoms with Crippen molar-refractivity contribution in [3.8, 4) is 0 Å². The van der Waals surface area contributed by atoms with Gasteiger partial charge in [0.15, 0.2) is 6.10 Å². The summed E-state index contributed by atoms with van der Waals surface area (Å²) in [4.78, 5) is 16.5. The molecule has 0 spiro atoms. The Morgan fingerprint density at radius 2 is 1.89 bits per heavy atom. The van der Waals surface area contributed by atoms with E-state index in [0.717, 1.165) is 5.56 Å². The number of hydrogen-bond acceptors (Lipinski definition) is 4. The summed E-state index contributed by atoms with van der Waals surface area (Å²) in [6.45, 7) is -0.0765. The molecule has 27 heavy (non-hydrogen) atoms. The van der Waals surface area contributed by atoms with E-state index in [-0.39, 0.29) is 13.2 Å². The van der Waals surface area contributed by atoms with Crippen molar-refractivity contribution < 1.29 is 18.7 Å². The van der Waals surface area contributed by atoms with Gasteiger partial charge in [-0.2, -0.15) is 0 Å². The molecule has 0 radical (unpaired) electrons. The molecule has 1 aromatic heterocycles. The van der Waals surface area contributed by atoms with E-state index in [1.54, 1.807) is 42.6 Å². The minimum Gasteiger partial charge on any atom is -0.449 e. The molecular formula is C21H17ClFNO3. The fraction of sp³-hybridized carbons (Fsp3) is 0.143. The molecule has 4 nitrogen and oxygen atoms in total. The number of pyridine rings is 1. The normalized spacial score (nSPS) is 11.8. The molecule has 2 aromatic carbocycles. The maximum atomic E-state index is 13.6. The predicted molar refractivity (Wildman–Crippen MR) is 99.7 cm³/mol. The van der Waals surface area contributed by atoms with E-state index < -0.39 is 17.9 Å². The number of carbonyl (C=O) groups excluding carboxylic acids is 1. The van der Waals surface area contributed by atoms with Gasteiger partial charge in [0, 0.05) is 16.8 Å². The summed E-state index contributed by atoms with van der Waals surface area (Å²) >= 11 is 6.06. The van der Waals surface area contributed by atoms with E-state index in [1.807, 2.05) is 18.2 Å². The number of benzene rings is 2. The first kappa shape index (κ1) is 19.0. The number of ether oxygens (including phenoxy) is 2. The molecule has 0 aliphatic heterocycles. The van der Waals surface area contributed by atoms with Gasteiger partial charge >= 0.3 is 5.97 Å². The van der Waals surface area contributed by atoms with Crippen LogP contribution in [0.25, 0.3) is 0 Å². The Balaban J connectivity index is 1.67. The van der Waals surface area contributed by atoms with Crippen LogP contribution in [0.1, 0.15) is 22.9 Å². The monoisotopic (exact) mass is 385 g/mol. The van der Waals surface area contributed by atoms with Gasteiger partial charge in [-0.05, 0) is 35.9 Å². The minimum absolute atomic E-state index is 0.184. The third-order valence-electron chi connectivity index (χ3n) is 3.79. The van der Waals surface area contributed by atoms with Gasteiger partial charge in [-0.3, -0.25) is 4.98 Å². The lowest BCUT2D eigenvalue weighted by molar-refractivity contribution is -0.153. The van der Waals surface area contributed by atoms with E-state index in [2.05, 4.69) is 4.98 Å². The van der Waals surface area contributed by atoms with Crippen LogP contribution in [0.2, 0.25) is 5.02 Å². The smallest absolute Gasteiger partial charge is 0.333 e. The summed E-state index contributed by atoms with van der Waals surface area (Å²) < 4.78 is 24.5. The van der Waals surface area contributed by atoms with Crippen LogP contribution < -0.4 is 0 Å². The number of nitrogens with zero attached hydrogens (tertiary/aromatic N) is 1. The van der Waals surface area contributed by atoms with Crippen LogP contribution >= 0.6 is 11.6 Å². The van der Waals surface area contributed by atoms with Crippen LogP contribution in [0.15, 0.2) is 72.9 Å². The molecule has 0 bridgehead atoms. The Morgan fingerprint density at radius 3 is 2.63 bits per heavy atom. The topological polar surface area (TPSA) is 48.4 Å². The van der Waals surface area contributed by atoms with Crippen molar-refractivity contribution in [2.45, 2.75) is 12.7 Å². The van der Waals surface area contributed by atoms with Crippen molar-refractivity contribution in [1.29, 1.82) is 0 Å². The Morgan fingerprint density at radius 1 is 1.07 bits per heavy atom. The molecule has 138 valence electrons. The Bertz CT molecular complexity index is 905. The van der Waals surface area contributed by atoms with Crippen LogP contribution in [0, 0.1) is 5.82 Å². The highest BCUT2D eigenvalue weighted by Crippen LogP contribution is 2.25. The zero-order chi connectivity index (χ0) is 19.1. The Labute approximate surface area is 161 Å². The fourth-order valence-electron chi connectivity index (χ4n) is 2.53. The van der Waals surface area contributed by atoms with Gasteiger partial charge in [0.2, 0.25) is 0 Å². The first-order valence-corrected chi connectivity index (χ1v) is 8.68. The van der Waals surface area contributed by atoms with Crippen LogP contribution in [-0.2, 0) is 20.9 Å². The zero-order valence-electron chi connectivity index (χ0n) is 14.3. The van der Waals surface area contributed by atoms with Crippen molar-refractivity contribution in [1.82, 2.24) is 4.98 Å². The van der Waals surface area contributed by atoms with Crippen LogP contribution in [-0.4, -0.2) is 17.6 Å². The SMILES string of the molecule is O=C(COCc1ccccc1Cl)OC(c1cccc(F)c1)c1ccccn1. The first-order valence-electron chi connectivity index (χ1n) is 8.30. The predicted octanol–water partition coefficient (Wildman–Crippen LogP) is 4.72. The molecule has 3 rings (SSSR count). The van der Waals surface area contributed by atoms with E-state index in [9.17, 15) is 9.18 Å². The highest BCUT2D eigenvalue weighted by atomic mass is 35.5. The van der Waals surface area contributed by atoms with Crippen LogP contribution in [0.4, 0.5) is 4.39 Å². The molecule has 0 aliphatic carbocycles. The molecule has 0 saturated heterocycles. The van der Waals surface area contributed by atoms with Gasteiger partial charge in [0.1, 0.15) is 12.4 Å². The lowest BCUT2D eigenvalue weighted by Gasteiger charge is -2.18. The lowest BCUT2D eigenvalue weighted by atomic mass is 10.1. The number of esters is 1. The average Bonchev–Trinajstić information content (AvgIpc) is 2.68. The first-order chi connectivity index (χ1) is 13.1.